The number of nitrogens with two attached hydrogens (primary N) is 1. The number of hydrogen-bond acceptors (Lipinski definition) is 3. The number of piperidine rings is 1. The van der Waals surface area contributed by atoms with Gasteiger partial charge in [-0.15, -0.1) is 0 Å². The van der Waals surface area contributed by atoms with E-state index in [1.165, 1.54) is 5.69 Å². The second-order valence-corrected chi connectivity index (χ2v) is 6.85. The summed E-state index contributed by atoms with van der Waals surface area (Å²) in [6, 6.07) is 20.1. The molecule has 25 heavy (non-hydrogen) atoms. The van der Waals surface area contributed by atoms with Crippen LogP contribution >= 0.6 is 0 Å². The van der Waals surface area contributed by atoms with E-state index in [9.17, 15) is 4.79 Å². The van der Waals surface area contributed by atoms with Gasteiger partial charge in [-0.05, 0) is 30.5 Å². The van der Waals surface area contributed by atoms with E-state index in [0.29, 0.717) is 0 Å². The predicted octanol–water partition coefficient (Wildman–Crippen LogP) is 3.11. The number of nitrogens with one attached hydrogen (secondary N) is 1. The van der Waals surface area contributed by atoms with Crippen LogP contribution in [0.4, 0.5) is 5.69 Å². The van der Waals surface area contributed by atoms with Crippen LogP contribution in [0.2, 0.25) is 0 Å². The average molecular weight is 337 g/mol. The Labute approximate surface area is 150 Å². The Balaban J connectivity index is 1.58. The number of nitrogens with zero attached hydrogens (tertiary/aromatic N) is 1. The van der Waals surface area contributed by atoms with Crippen molar-refractivity contribution in [1.29, 1.82) is 0 Å². The summed E-state index contributed by atoms with van der Waals surface area (Å²) in [7, 11) is 0. The summed E-state index contributed by atoms with van der Waals surface area (Å²) in [5.74, 6) is -0.217. The van der Waals surface area contributed by atoms with Crippen LogP contribution in [0.3, 0.4) is 0 Å². The molecule has 1 heterocycles. The topological polar surface area (TPSA) is 58.4 Å². The van der Waals surface area contributed by atoms with E-state index in [2.05, 4.69) is 34.5 Å². The number of amides is 1. The number of anilines is 1. The first kappa shape index (κ1) is 17.5. The van der Waals surface area contributed by atoms with E-state index >= 15 is 0 Å². The molecule has 3 unspecified atom stereocenters. The molecule has 1 fully saturated rings. The summed E-state index contributed by atoms with van der Waals surface area (Å²) >= 11 is 0. The van der Waals surface area contributed by atoms with Gasteiger partial charge in [-0.3, -0.25) is 4.79 Å². The maximum Gasteiger partial charge on any atom is 0.225 e. The maximum atomic E-state index is 12.7. The molecule has 1 saturated heterocycles. The van der Waals surface area contributed by atoms with Gasteiger partial charge in [0.1, 0.15) is 0 Å². The van der Waals surface area contributed by atoms with Crippen LogP contribution in [0.1, 0.15) is 31.4 Å². The van der Waals surface area contributed by atoms with Gasteiger partial charge < -0.3 is 16.0 Å². The summed E-state index contributed by atoms with van der Waals surface area (Å²) in [6.45, 7) is 3.79. The second-order valence-electron chi connectivity index (χ2n) is 6.85. The lowest BCUT2D eigenvalue weighted by atomic mass is 9.94. The highest BCUT2D eigenvalue weighted by Gasteiger charge is 2.26. The van der Waals surface area contributed by atoms with Crippen molar-refractivity contribution in [2.45, 2.75) is 31.8 Å². The third-order valence-corrected chi connectivity index (χ3v) is 5.03. The monoisotopic (exact) mass is 337 g/mol. The molecule has 4 nitrogen and oxygen atoms in total. The minimum absolute atomic E-state index is 0.0382. The van der Waals surface area contributed by atoms with Gasteiger partial charge in [0.25, 0.3) is 0 Å². The molecule has 3 rings (SSSR count). The minimum atomic E-state index is -0.282. The largest absolute Gasteiger partial charge is 0.369 e. The smallest absolute Gasteiger partial charge is 0.225 e. The lowest BCUT2D eigenvalue weighted by Gasteiger charge is -2.35. The van der Waals surface area contributed by atoms with Gasteiger partial charge >= 0.3 is 0 Å². The molecule has 0 radical (unpaired) electrons. The molecule has 0 bridgehead atoms. The first-order valence-electron chi connectivity index (χ1n) is 9.06. The molecule has 1 aliphatic rings. The molecule has 0 aliphatic carbocycles. The fourth-order valence-electron chi connectivity index (χ4n) is 3.43. The number of benzene rings is 2. The standard InChI is InChI=1S/C21H27N3O/c1-16(20(22)17-9-4-2-5-10-17)21(25)23-18-11-8-14-24(15-18)19-12-6-3-7-13-19/h2-7,9-10,12-13,16,18,20H,8,11,14-15,22H2,1H3,(H,23,25). The van der Waals surface area contributed by atoms with E-state index in [-0.39, 0.29) is 23.9 Å². The average Bonchev–Trinajstić information content (AvgIpc) is 2.68. The van der Waals surface area contributed by atoms with Crippen molar-refractivity contribution in [3.8, 4) is 0 Å². The van der Waals surface area contributed by atoms with Crippen molar-refractivity contribution in [1.82, 2.24) is 5.32 Å². The zero-order valence-electron chi connectivity index (χ0n) is 14.8. The number of rotatable bonds is 5. The van der Waals surface area contributed by atoms with E-state index in [4.69, 9.17) is 5.73 Å². The molecular formula is C21H27N3O. The molecule has 1 amide bonds. The lowest BCUT2D eigenvalue weighted by molar-refractivity contribution is -0.125. The van der Waals surface area contributed by atoms with Gasteiger partial charge in [-0.25, -0.2) is 0 Å². The number of hydrogen-bond donors (Lipinski definition) is 2. The quantitative estimate of drug-likeness (QED) is 0.881. The molecule has 0 saturated carbocycles. The van der Waals surface area contributed by atoms with Crippen LogP contribution in [-0.2, 0) is 4.79 Å². The molecule has 132 valence electrons. The highest BCUT2D eigenvalue weighted by Crippen LogP contribution is 2.22. The summed E-state index contributed by atoms with van der Waals surface area (Å²) in [4.78, 5) is 15.0. The van der Waals surface area contributed by atoms with Gasteiger partial charge in [-0.2, -0.15) is 0 Å². The Morgan fingerprint density at radius 3 is 2.44 bits per heavy atom. The van der Waals surface area contributed by atoms with Gasteiger partial charge in [0.15, 0.2) is 0 Å². The van der Waals surface area contributed by atoms with Crippen molar-refractivity contribution < 1.29 is 4.79 Å². The number of para-hydroxylation sites is 1. The van der Waals surface area contributed by atoms with Crippen LogP contribution in [0.5, 0.6) is 0 Å². The molecule has 2 aromatic rings. The lowest BCUT2D eigenvalue weighted by Crippen LogP contribution is -2.50. The molecule has 0 spiro atoms. The van der Waals surface area contributed by atoms with Crippen LogP contribution < -0.4 is 16.0 Å². The van der Waals surface area contributed by atoms with E-state index in [0.717, 1.165) is 31.5 Å². The molecular weight excluding hydrogens is 310 g/mol. The summed E-state index contributed by atoms with van der Waals surface area (Å²) < 4.78 is 0. The van der Waals surface area contributed by atoms with Crippen molar-refractivity contribution in [3.63, 3.8) is 0 Å². The Hall–Kier alpha value is -2.33. The zero-order chi connectivity index (χ0) is 17.6. The van der Waals surface area contributed by atoms with Crippen molar-refractivity contribution in [2.24, 2.45) is 11.7 Å². The van der Waals surface area contributed by atoms with Gasteiger partial charge in [0, 0.05) is 30.9 Å². The number of carbonyl (C=O) groups is 1. The normalized spacial score (nSPS) is 19.9. The molecule has 4 heteroatoms. The van der Waals surface area contributed by atoms with Crippen molar-refractivity contribution >= 4 is 11.6 Å². The van der Waals surface area contributed by atoms with Crippen LogP contribution in [0.25, 0.3) is 0 Å². The van der Waals surface area contributed by atoms with E-state index in [1.807, 2.05) is 43.3 Å². The fourth-order valence-corrected chi connectivity index (χ4v) is 3.43. The summed E-state index contributed by atoms with van der Waals surface area (Å²) in [6.07, 6.45) is 2.10. The van der Waals surface area contributed by atoms with E-state index in [1.54, 1.807) is 0 Å². The Kier molecular flexibility index (Phi) is 5.71. The van der Waals surface area contributed by atoms with Gasteiger partial charge in [-0.1, -0.05) is 55.5 Å². The Bertz CT molecular complexity index is 674. The molecule has 2 aromatic carbocycles. The molecule has 3 N–H and O–H groups in total. The molecule has 3 atom stereocenters. The summed E-state index contributed by atoms with van der Waals surface area (Å²) in [5.41, 5.74) is 8.51. The highest BCUT2D eigenvalue weighted by atomic mass is 16.2. The van der Waals surface area contributed by atoms with E-state index < -0.39 is 0 Å². The number of carbonyl (C=O) groups excluding carboxylic acids is 1. The minimum Gasteiger partial charge on any atom is -0.369 e. The first-order chi connectivity index (χ1) is 12.1. The van der Waals surface area contributed by atoms with Crippen molar-refractivity contribution in [2.75, 3.05) is 18.0 Å². The third-order valence-electron chi connectivity index (χ3n) is 5.03. The van der Waals surface area contributed by atoms with Gasteiger partial charge in [0.2, 0.25) is 5.91 Å². The van der Waals surface area contributed by atoms with Crippen LogP contribution in [0, 0.1) is 5.92 Å². The second kappa shape index (κ2) is 8.17. The molecule has 1 aliphatic heterocycles. The van der Waals surface area contributed by atoms with Crippen LogP contribution in [-0.4, -0.2) is 25.0 Å². The summed E-state index contributed by atoms with van der Waals surface area (Å²) in [5, 5.41) is 3.21. The zero-order valence-corrected chi connectivity index (χ0v) is 14.8. The first-order valence-corrected chi connectivity index (χ1v) is 9.06. The molecule has 0 aromatic heterocycles. The highest BCUT2D eigenvalue weighted by molar-refractivity contribution is 5.79. The third kappa shape index (κ3) is 4.40. The fraction of sp³-hybridized carbons (Fsp3) is 0.381. The predicted molar refractivity (Wildman–Crippen MR) is 102 cm³/mol. The Morgan fingerprint density at radius 1 is 1.12 bits per heavy atom. The van der Waals surface area contributed by atoms with Crippen molar-refractivity contribution in [3.05, 3.63) is 66.2 Å². The Morgan fingerprint density at radius 2 is 1.76 bits per heavy atom. The van der Waals surface area contributed by atoms with Crippen LogP contribution in [0.15, 0.2) is 60.7 Å². The van der Waals surface area contributed by atoms with Gasteiger partial charge in [0.05, 0.1) is 5.92 Å². The maximum absolute atomic E-state index is 12.7. The SMILES string of the molecule is CC(C(=O)NC1CCCN(c2ccccc2)C1)C(N)c1ccccc1.